The molecule has 0 aliphatic carbocycles. The number of halogens is 1. The third-order valence-corrected chi connectivity index (χ3v) is 1.82. The van der Waals surface area contributed by atoms with Crippen molar-refractivity contribution in [1.29, 1.82) is 0 Å². The summed E-state index contributed by atoms with van der Waals surface area (Å²) in [6.07, 6.45) is 2.17. The van der Waals surface area contributed by atoms with Crippen LogP contribution in [0.25, 0.3) is 0 Å². The van der Waals surface area contributed by atoms with Crippen molar-refractivity contribution in [2.24, 2.45) is 0 Å². The Bertz CT molecular complexity index is 246. The van der Waals surface area contributed by atoms with Crippen LogP contribution >= 0.6 is 0 Å². The molecule has 2 heteroatoms. The van der Waals surface area contributed by atoms with Crippen LogP contribution in [0.4, 0.5) is 4.39 Å². The second-order valence-corrected chi connectivity index (χ2v) is 2.82. The molecule has 0 heterocycles. The molecule has 12 heavy (non-hydrogen) atoms. The smallest absolute Gasteiger partial charge is 0.123 e. The van der Waals surface area contributed by atoms with Gasteiger partial charge in [0.2, 0.25) is 0 Å². The maximum Gasteiger partial charge on any atom is 0.123 e. The second kappa shape index (κ2) is 4.88. The minimum atomic E-state index is -0.137. The number of rotatable bonds is 2. The maximum atomic E-state index is 12.6. The predicted octanol–water partition coefficient (Wildman–Crippen LogP) is 3.25. The van der Waals surface area contributed by atoms with Gasteiger partial charge in [-0.2, -0.15) is 0 Å². The highest BCUT2D eigenvalue weighted by Crippen LogP contribution is 2.11. The zero-order chi connectivity index (χ0) is 8.27. The Kier molecular flexibility index (Phi) is 4.52. The van der Waals surface area contributed by atoms with Crippen LogP contribution in [0.5, 0.6) is 0 Å². The van der Waals surface area contributed by atoms with E-state index in [2.05, 4.69) is 6.92 Å². The lowest BCUT2D eigenvalue weighted by molar-refractivity contribution is 0.625. The molecule has 1 aromatic carbocycles. The first-order valence-corrected chi connectivity index (χ1v) is 3.99. The first kappa shape index (κ1) is 11.1. The van der Waals surface area contributed by atoms with Crippen LogP contribution in [0.3, 0.4) is 0 Å². The van der Waals surface area contributed by atoms with Gasteiger partial charge < -0.3 is 6.15 Å². The molecule has 0 saturated carbocycles. The topological polar surface area (TPSA) is 35.0 Å². The summed E-state index contributed by atoms with van der Waals surface area (Å²) in [4.78, 5) is 0. The quantitative estimate of drug-likeness (QED) is 0.724. The van der Waals surface area contributed by atoms with Gasteiger partial charge in [-0.05, 0) is 36.6 Å². The molecule has 0 spiro atoms. The van der Waals surface area contributed by atoms with E-state index in [4.69, 9.17) is 0 Å². The van der Waals surface area contributed by atoms with Gasteiger partial charge in [-0.15, -0.1) is 0 Å². The minimum Gasteiger partial charge on any atom is -0.344 e. The lowest BCUT2D eigenvalue weighted by atomic mass is 10.0. The van der Waals surface area contributed by atoms with E-state index in [9.17, 15) is 4.39 Å². The average molecular weight is 169 g/mol. The SMILES string of the molecule is CCCc1ccc(F)cc1C.N. The summed E-state index contributed by atoms with van der Waals surface area (Å²) in [5.41, 5.74) is 2.32. The van der Waals surface area contributed by atoms with Crippen LogP contribution in [0.15, 0.2) is 18.2 Å². The highest BCUT2D eigenvalue weighted by molar-refractivity contribution is 5.26. The molecule has 3 N–H and O–H groups in total. The molecule has 0 aliphatic heterocycles. The van der Waals surface area contributed by atoms with E-state index in [0.717, 1.165) is 18.4 Å². The number of aryl methyl sites for hydroxylation is 2. The van der Waals surface area contributed by atoms with E-state index in [-0.39, 0.29) is 12.0 Å². The summed E-state index contributed by atoms with van der Waals surface area (Å²) in [6, 6.07) is 4.98. The summed E-state index contributed by atoms with van der Waals surface area (Å²) >= 11 is 0. The second-order valence-electron chi connectivity index (χ2n) is 2.82. The monoisotopic (exact) mass is 169 g/mol. The van der Waals surface area contributed by atoms with Gasteiger partial charge in [-0.3, -0.25) is 0 Å². The van der Waals surface area contributed by atoms with Crippen molar-refractivity contribution < 1.29 is 4.39 Å². The summed E-state index contributed by atoms with van der Waals surface area (Å²) < 4.78 is 12.6. The largest absolute Gasteiger partial charge is 0.344 e. The van der Waals surface area contributed by atoms with E-state index >= 15 is 0 Å². The molecule has 1 aromatic rings. The fourth-order valence-electron chi connectivity index (χ4n) is 1.21. The van der Waals surface area contributed by atoms with Crippen LogP contribution in [-0.2, 0) is 6.42 Å². The molecule has 0 atom stereocenters. The molecule has 0 amide bonds. The van der Waals surface area contributed by atoms with Gasteiger partial charge in [-0.25, -0.2) is 4.39 Å². The first-order valence-electron chi connectivity index (χ1n) is 3.99. The highest BCUT2D eigenvalue weighted by Gasteiger charge is 1.97. The van der Waals surface area contributed by atoms with Crippen LogP contribution < -0.4 is 6.15 Å². The van der Waals surface area contributed by atoms with Crippen LogP contribution in [-0.4, -0.2) is 0 Å². The fraction of sp³-hybridized carbons (Fsp3) is 0.400. The van der Waals surface area contributed by atoms with Crippen molar-refractivity contribution in [3.05, 3.63) is 35.1 Å². The summed E-state index contributed by atoms with van der Waals surface area (Å²) in [5, 5.41) is 0. The Labute approximate surface area is 73.2 Å². The number of benzene rings is 1. The van der Waals surface area contributed by atoms with Gasteiger partial charge >= 0.3 is 0 Å². The molecule has 1 nitrogen and oxygen atoms in total. The summed E-state index contributed by atoms with van der Waals surface area (Å²) in [5.74, 6) is -0.137. The van der Waals surface area contributed by atoms with Crippen molar-refractivity contribution in [2.45, 2.75) is 26.7 Å². The van der Waals surface area contributed by atoms with Crippen LogP contribution in [0.1, 0.15) is 24.5 Å². The Balaban J connectivity index is 0.00000121. The Morgan fingerprint density at radius 1 is 1.33 bits per heavy atom. The van der Waals surface area contributed by atoms with Gasteiger partial charge in [0.1, 0.15) is 5.82 Å². The van der Waals surface area contributed by atoms with Crippen LogP contribution in [0, 0.1) is 12.7 Å². The molecule has 1 rings (SSSR count). The number of hydrogen-bond donors (Lipinski definition) is 1. The Morgan fingerprint density at radius 3 is 2.50 bits per heavy atom. The van der Waals surface area contributed by atoms with E-state index < -0.39 is 0 Å². The van der Waals surface area contributed by atoms with Crippen molar-refractivity contribution in [2.75, 3.05) is 0 Å². The predicted molar refractivity (Wildman–Crippen MR) is 50.2 cm³/mol. The van der Waals surface area contributed by atoms with Gasteiger partial charge in [0.15, 0.2) is 0 Å². The zero-order valence-corrected chi connectivity index (χ0v) is 7.73. The van der Waals surface area contributed by atoms with Crippen molar-refractivity contribution >= 4 is 0 Å². The van der Waals surface area contributed by atoms with Crippen molar-refractivity contribution in [3.8, 4) is 0 Å². The molecule has 0 bridgehead atoms. The van der Waals surface area contributed by atoms with Gasteiger partial charge in [0, 0.05) is 0 Å². The third kappa shape index (κ3) is 2.62. The molecular weight excluding hydrogens is 153 g/mol. The Hall–Kier alpha value is -0.890. The third-order valence-electron chi connectivity index (χ3n) is 1.82. The maximum absolute atomic E-state index is 12.6. The zero-order valence-electron chi connectivity index (χ0n) is 7.73. The summed E-state index contributed by atoms with van der Waals surface area (Å²) in [6.45, 7) is 4.08. The fourth-order valence-corrected chi connectivity index (χ4v) is 1.21. The lowest BCUT2D eigenvalue weighted by Gasteiger charge is -2.02. The van der Waals surface area contributed by atoms with Gasteiger partial charge in [-0.1, -0.05) is 19.4 Å². The molecule has 0 radical (unpaired) electrons. The minimum absolute atomic E-state index is 0. The van der Waals surface area contributed by atoms with E-state index in [0.29, 0.717) is 0 Å². The van der Waals surface area contributed by atoms with E-state index in [1.165, 1.54) is 11.6 Å². The lowest BCUT2D eigenvalue weighted by Crippen LogP contribution is -1.88. The average Bonchev–Trinajstić information content (AvgIpc) is 1.95. The normalized spacial score (nSPS) is 9.25. The van der Waals surface area contributed by atoms with Gasteiger partial charge in [0.25, 0.3) is 0 Å². The van der Waals surface area contributed by atoms with Gasteiger partial charge in [0.05, 0.1) is 0 Å². The van der Waals surface area contributed by atoms with E-state index in [1.54, 1.807) is 6.07 Å². The van der Waals surface area contributed by atoms with Crippen molar-refractivity contribution in [3.63, 3.8) is 0 Å². The standard InChI is InChI=1S/C10H13F.H3N/c1-3-4-9-5-6-10(11)7-8(9)2;/h5-7H,3-4H2,1-2H3;1H3. The molecule has 0 fully saturated rings. The summed E-state index contributed by atoms with van der Waals surface area (Å²) in [7, 11) is 0. The number of hydrogen-bond acceptors (Lipinski definition) is 1. The first-order chi connectivity index (χ1) is 5.24. The molecule has 0 aromatic heterocycles. The molecule has 0 unspecified atom stereocenters. The molecule has 68 valence electrons. The molecule has 0 saturated heterocycles. The molecular formula is C10H16FN. The Morgan fingerprint density at radius 2 is 2.00 bits per heavy atom. The van der Waals surface area contributed by atoms with E-state index in [1.807, 2.05) is 13.0 Å². The van der Waals surface area contributed by atoms with Crippen molar-refractivity contribution in [1.82, 2.24) is 6.15 Å². The van der Waals surface area contributed by atoms with Crippen LogP contribution in [0.2, 0.25) is 0 Å². The highest BCUT2D eigenvalue weighted by atomic mass is 19.1. The molecule has 0 aliphatic rings.